The second kappa shape index (κ2) is 5.72. The lowest BCUT2D eigenvalue weighted by atomic mass is 9.46. The number of carbonyl (C=O) groups is 1. The van der Waals surface area contributed by atoms with Crippen LogP contribution < -0.4 is 0 Å². The van der Waals surface area contributed by atoms with Crippen molar-refractivity contribution < 1.29 is 9.53 Å². The molecule has 3 heteroatoms. The van der Waals surface area contributed by atoms with Crippen LogP contribution in [0.3, 0.4) is 0 Å². The molecule has 26 heavy (non-hydrogen) atoms. The minimum absolute atomic E-state index is 0.207. The largest absolute Gasteiger partial charge is 0.374 e. The van der Waals surface area contributed by atoms with Crippen molar-refractivity contribution in [2.24, 2.45) is 28.6 Å². The molecule has 3 saturated carbocycles. The third kappa shape index (κ3) is 2.02. The summed E-state index contributed by atoms with van der Waals surface area (Å²) in [7, 11) is 0. The molecule has 2 aliphatic heterocycles. The van der Waals surface area contributed by atoms with E-state index in [2.05, 4.69) is 25.7 Å². The highest BCUT2D eigenvalue weighted by atomic mass is 16.5. The van der Waals surface area contributed by atoms with Crippen molar-refractivity contribution in [1.82, 2.24) is 4.90 Å². The van der Waals surface area contributed by atoms with E-state index in [0.29, 0.717) is 22.8 Å². The molecule has 0 aromatic carbocycles. The molecular formula is C23H37NO2. The molecule has 0 bridgehead atoms. The number of rotatable bonds is 1. The minimum atomic E-state index is 0.207. The zero-order valence-corrected chi connectivity index (χ0v) is 17.1. The molecule has 5 fully saturated rings. The minimum Gasteiger partial charge on any atom is -0.374 e. The van der Waals surface area contributed by atoms with Crippen molar-refractivity contribution >= 4 is 5.91 Å². The summed E-state index contributed by atoms with van der Waals surface area (Å²) in [6.45, 7) is 9.19. The van der Waals surface area contributed by atoms with Gasteiger partial charge in [-0.3, -0.25) is 4.79 Å². The molecular weight excluding hydrogens is 322 g/mol. The highest BCUT2D eigenvalue weighted by Gasteiger charge is 2.66. The van der Waals surface area contributed by atoms with Crippen LogP contribution in [0.25, 0.3) is 0 Å². The molecule has 7 atom stereocenters. The molecule has 146 valence electrons. The summed E-state index contributed by atoms with van der Waals surface area (Å²) in [4.78, 5) is 14.7. The van der Waals surface area contributed by atoms with E-state index < -0.39 is 0 Å². The van der Waals surface area contributed by atoms with E-state index in [1.807, 2.05) is 0 Å². The van der Waals surface area contributed by atoms with Crippen LogP contribution in [-0.4, -0.2) is 35.6 Å². The van der Waals surface area contributed by atoms with Crippen LogP contribution in [0.1, 0.15) is 85.0 Å². The number of nitrogens with zero attached hydrogens (tertiary/aromatic N) is 1. The lowest BCUT2D eigenvalue weighted by Crippen LogP contribution is -2.63. The molecule has 0 N–H and O–H groups in total. The first-order valence-corrected chi connectivity index (χ1v) is 11.4. The topological polar surface area (TPSA) is 29.5 Å². The van der Waals surface area contributed by atoms with E-state index in [0.717, 1.165) is 43.7 Å². The van der Waals surface area contributed by atoms with Gasteiger partial charge in [0.05, 0.1) is 5.60 Å². The quantitative estimate of drug-likeness (QED) is 0.674. The molecule has 0 aromatic heterocycles. The maximum absolute atomic E-state index is 12.5. The Balaban J connectivity index is 1.46. The molecule has 1 spiro atoms. The molecule has 5 rings (SSSR count). The van der Waals surface area contributed by atoms with Crippen molar-refractivity contribution in [3.8, 4) is 0 Å². The smallest absolute Gasteiger partial charge is 0.222 e. The van der Waals surface area contributed by atoms with E-state index in [4.69, 9.17) is 4.74 Å². The number of amides is 1. The fourth-order valence-electron chi connectivity index (χ4n) is 8.83. The Morgan fingerprint density at radius 3 is 2.58 bits per heavy atom. The Morgan fingerprint density at radius 2 is 1.85 bits per heavy atom. The van der Waals surface area contributed by atoms with Gasteiger partial charge in [0.1, 0.15) is 0 Å². The number of carbonyl (C=O) groups excluding carboxylic acids is 1. The molecule has 0 radical (unpaired) electrons. The first kappa shape index (κ1) is 17.5. The van der Waals surface area contributed by atoms with Gasteiger partial charge < -0.3 is 9.64 Å². The molecule has 2 heterocycles. The average Bonchev–Trinajstić information content (AvgIpc) is 3.22. The molecule has 2 saturated heterocycles. The van der Waals surface area contributed by atoms with Crippen molar-refractivity contribution in [2.45, 2.75) is 96.6 Å². The van der Waals surface area contributed by atoms with E-state index in [1.165, 1.54) is 51.4 Å². The highest BCUT2D eigenvalue weighted by Crippen LogP contribution is 2.69. The molecule has 1 unspecified atom stereocenters. The Labute approximate surface area is 159 Å². The van der Waals surface area contributed by atoms with Crippen LogP contribution in [0.5, 0.6) is 0 Å². The summed E-state index contributed by atoms with van der Waals surface area (Å²) in [5.41, 5.74) is 0.960. The lowest BCUT2D eigenvalue weighted by molar-refractivity contribution is -0.172. The predicted molar refractivity (Wildman–Crippen MR) is 103 cm³/mol. The van der Waals surface area contributed by atoms with Crippen LogP contribution >= 0.6 is 0 Å². The highest BCUT2D eigenvalue weighted by molar-refractivity contribution is 5.77. The first-order valence-electron chi connectivity index (χ1n) is 11.4. The fraction of sp³-hybridized carbons (Fsp3) is 0.957. The van der Waals surface area contributed by atoms with Crippen LogP contribution in [0.15, 0.2) is 0 Å². The summed E-state index contributed by atoms with van der Waals surface area (Å²) >= 11 is 0. The summed E-state index contributed by atoms with van der Waals surface area (Å²) < 4.78 is 6.48. The second-order valence-corrected chi connectivity index (χ2v) is 10.6. The Kier molecular flexibility index (Phi) is 3.85. The maximum atomic E-state index is 12.5. The summed E-state index contributed by atoms with van der Waals surface area (Å²) in [6.07, 6.45) is 12.4. The number of hydrogen-bond donors (Lipinski definition) is 0. The average molecular weight is 360 g/mol. The van der Waals surface area contributed by atoms with E-state index in [1.54, 1.807) is 0 Å². The van der Waals surface area contributed by atoms with E-state index in [9.17, 15) is 4.79 Å². The van der Waals surface area contributed by atoms with Crippen LogP contribution in [0.2, 0.25) is 0 Å². The van der Waals surface area contributed by atoms with Gasteiger partial charge in [0.2, 0.25) is 5.91 Å². The molecule has 3 nitrogen and oxygen atoms in total. The number of fused-ring (bicyclic) bond motifs is 6. The maximum Gasteiger partial charge on any atom is 0.222 e. The van der Waals surface area contributed by atoms with E-state index in [-0.39, 0.29) is 5.60 Å². The lowest BCUT2D eigenvalue weighted by Gasteiger charge is -2.62. The number of hydrogen-bond acceptors (Lipinski definition) is 2. The van der Waals surface area contributed by atoms with Gasteiger partial charge in [-0.1, -0.05) is 13.8 Å². The normalized spacial score (nSPS) is 53.5. The molecule has 1 amide bonds. The van der Waals surface area contributed by atoms with Crippen molar-refractivity contribution in [3.63, 3.8) is 0 Å². The zero-order chi connectivity index (χ0) is 18.2. The van der Waals surface area contributed by atoms with Gasteiger partial charge >= 0.3 is 0 Å². The van der Waals surface area contributed by atoms with Crippen molar-refractivity contribution in [1.29, 1.82) is 0 Å². The summed E-state index contributed by atoms with van der Waals surface area (Å²) in [6, 6.07) is 0.498. The summed E-state index contributed by atoms with van der Waals surface area (Å²) in [5, 5.41) is 0. The standard InChI is InChI=1S/C23H37NO2/c1-4-24-19-7-6-16-17(21(19,2)12-10-20(24)25)8-13-22(3)18(16)9-14-23(22)11-5-15-26-23/h16-19H,4-15H2,1-3H3/t16-,17+,18+,19?,21-,22+,23+/m1/s1. The Hall–Kier alpha value is -0.570. The fourth-order valence-corrected chi connectivity index (χ4v) is 8.83. The van der Waals surface area contributed by atoms with Crippen LogP contribution in [-0.2, 0) is 9.53 Å². The number of piperidine rings is 1. The molecule has 0 aromatic rings. The molecule has 5 aliphatic rings. The van der Waals surface area contributed by atoms with Gasteiger partial charge in [0.15, 0.2) is 0 Å². The van der Waals surface area contributed by atoms with E-state index >= 15 is 0 Å². The molecule has 3 aliphatic carbocycles. The van der Waals surface area contributed by atoms with Gasteiger partial charge in [-0.05, 0) is 93.3 Å². The summed E-state index contributed by atoms with van der Waals surface area (Å²) in [5.74, 6) is 2.95. The zero-order valence-electron chi connectivity index (χ0n) is 17.1. The van der Waals surface area contributed by atoms with Gasteiger partial charge in [-0.2, -0.15) is 0 Å². The first-order chi connectivity index (χ1) is 12.5. The third-order valence-electron chi connectivity index (χ3n) is 10.1. The van der Waals surface area contributed by atoms with Gasteiger partial charge in [-0.15, -0.1) is 0 Å². The van der Waals surface area contributed by atoms with Crippen molar-refractivity contribution in [3.05, 3.63) is 0 Å². The monoisotopic (exact) mass is 359 g/mol. The second-order valence-electron chi connectivity index (χ2n) is 10.6. The number of ether oxygens (including phenoxy) is 1. The van der Waals surface area contributed by atoms with Gasteiger partial charge in [0, 0.05) is 25.6 Å². The van der Waals surface area contributed by atoms with Crippen LogP contribution in [0, 0.1) is 28.6 Å². The van der Waals surface area contributed by atoms with Crippen molar-refractivity contribution in [2.75, 3.05) is 13.2 Å². The predicted octanol–water partition coefficient (Wildman–Crippen LogP) is 4.79. The Morgan fingerprint density at radius 1 is 1.04 bits per heavy atom. The Bertz CT molecular complexity index is 597. The SMILES string of the molecule is CCN1C(=O)CC[C@@]2(C)C1CC[C@@H]1[C@@H]2CC[C@@]2(C)[C@H]1CC[C@@]21CCCO1. The number of likely N-dealkylation sites (tertiary alicyclic amines) is 1. The van der Waals surface area contributed by atoms with Crippen LogP contribution in [0.4, 0.5) is 0 Å². The van der Waals surface area contributed by atoms with Gasteiger partial charge in [-0.25, -0.2) is 0 Å². The third-order valence-corrected chi connectivity index (χ3v) is 10.1. The van der Waals surface area contributed by atoms with Gasteiger partial charge in [0.25, 0.3) is 0 Å².